The van der Waals surface area contributed by atoms with E-state index in [1.165, 1.54) is 9.13 Å². The monoisotopic (exact) mass is 317 g/mol. The van der Waals surface area contributed by atoms with Gasteiger partial charge in [-0.15, -0.1) is 0 Å². The third-order valence-corrected chi connectivity index (χ3v) is 3.52. The minimum absolute atomic E-state index is 0.0410. The van der Waals surface area contributed by atoms with Crippen molar-refractivity contribution in [3.05, 3.63) is 33.4 Å². The lowest BCUT2D eigenvalue weighted by Gasteiger charge is -2.14. The molecule has 3 nitrogen and oxygen atoms in total. The summed E-state index contributed by atoms with van der Waals surface area (Å²) < 4.78 is 6.10. The molecule has 15 heavy (non-hydrogen) atoms. The van der Waals surface area contributed by atoms with Gasteiger partial charge >= 0.3 is 6.09 Å². The first-order valence-corrected chi connectivity index (χ1v) is 5.89. The Balaban J connectivity index is 2.09. The van der Waals surface area contributed by atoms with E-state index in [9.17, 15) is 4.79 Å². The van der Waals surface area contributed by atoms with Gasteiger partial charge in [-0.3, -0.25) is 0 Å². The number of carbonyl (C=O) groups excluding carboxylic acids is 1. The second kappa shape index (κ2) is 4.00. The minimum atomic E-state index is -0.688. The maximum atomic E-state index is 10.6. The highest BCUT2D eigenvalue weighted by Gasteiger charge is 2.45. The summed E-state index contributed by atoms with van der Waals surface area (Å²) in [4.78, 5) is 10.6. The summed E-state index contributed by atoms with van der Waals surface area (Å²) in [6.07, 6.45) is 1.45. The van der Waals surface area contributed by atoms with Crippen LogP contribution in [0.3, 0.4) is 0 Å². The van der Waals surface area contributed by atoms with E-state index in [1.807, 2.05) is 0 Å². The van der Waals surface area contributed by atoms with E-state index in [0.717, 1.165) is 12.8 Å². The fourth-order valence-electron chi connectivity index (χ4n) is 1.68. The quantitative estimate of drug-likeness (QED) is 0.871. The van der Waals surface area contributed by atoms with Crippen LogP contribution in [0.15, 0.2) is 24.3 Å². The SMILES string of the molecule is NC(=O)OCC1(c2ccc(I)cc2)CC1. The van der Waals surface area contributed by atoms with Crippen LogP contribution in [0.5, 0.6) is 0 Å². The molecule has 0 aromatic heterocycles. The number of carbonyl (C=O) groups is 1. The summed E-state index contributed by atoms with van der Waals surface area (Å²) in [5, 5.41) is 0. The smallest absolute Gasteiger partial charge is 0.404 e. The summed E-state index contributed by atoms with van der Waals surface area (Å²) in [6.45, 7) is 0.406. The number of ether oxygens (including phenoxy) is 1. The summed E-state index contributed by atoms with van der Waals surface area (Å²) >= 11 is 2.27. The van der Waals surface area contributed by atoms with E-state index in [-0.39, 0.29) is 5.41 Å². The van der Waals surface area contributed by atoms with Gasteiger partial charge in [-0.05, 0) is 53.1 Å². The summed E-state index contributed by atoms with van der Waals surface area (Å²) in [5.74, 6) is 0. The Labute approximate surface area is 102 Å². The van der Waals surface area contributed by atoms with E-state index in [0.29, 0.717) is 6.61 Å². The van der Waals surface area contributed by atoms with Crippen LogP contribution in [-0.4, -0.2) is 12.7 Å². The van der Waals surface area contributed by atoms with Gasteiger partial charge in [-0.1, -0.05) is 12.1 Å². The molecule has 0 spiro atoms. The molecule has 2 N–H and O–H groups in total. The summed E-state index contributed by atoms with van der Waals surface area (Å²) in [6, 6.07) is 8.33. The zero-order chi connectivity index (χ0) is 10.9. The largest absolute Gasteiger partial charge is 0.449 e. The number of primary amides is 1. The Bertz CT molecular complexity index is 371. The molecule has 80 valence electrons. The molecular weight excluding hydrogens is 305 g/mol. The van der Waals surface area contributed by atoms with Gasteiger partial charge in [0.25, 0.3) is 0 Å². The topological polar surface area (TPSA) is 52.3 Å². The molecule has 1 aromatic carbocycles. The zero-order valence-corrected chi connectivity index (χ0v) is 10.4. The average molecular weight is 317 g/mol. The number of nitrogens with two attached hydrogens (primary N) is 1. The van der Waals surface area contributed by atoms with Crippen LogP contribution in [0.1, 0.15) is 18.4 Å². The van der Waals surface area contributed by atoms with Gasteiger partial charge in [0.2, 0.25) is 0 Å². The number of hydrogen-bond acceptors (Lipinski definition) is 2. The van der Waals surface area contributed by atoms with Crippen molar-refractivity contribution < 1.29 is 9.53 Å². The van der Waals surface area contributed by atoms with Crippen LogP contribution in [0, 0.1) is 3.57 Å². The molecule has 1 aliphatic carbocycles. The minimum Gasteiger partial charge on any atom is -0.449 e. The van der Waals surface area contributed by atoms with Crippen LogP contribution in [0.4, 0.5) is 4.79 Å². The maximum absolute atomic E-state index is 10.6. The number of benzene rings is 1. The van der Waals surface area contributed by atoms with Gasteiger partial charge in [0.1, 0.15) is 6.61 Å². The second-order valence-corrected chi connectivity index (χ2v) is 5.14. The van der Waals surface area contributed by atoms with Crippen molar-refractivity contribution in [2.45, 2.75) is 18.3 Å². The molecular formula is C11H12INO2. The van der Waals surface area contributed by atoms with Gasteiger partial charge in [-0.25, -0.2) is 4.79 Å². The van der Waals surface area contributed by atoms with Crippen LogP contribution in [0.2, 0.25) is 0 Å². The van der Waals surface area contributed by atoms with Gasteiger partial charge in [0.05, 0.1) is 0 Å². The highest BCUT2D eigenvalue weighted by molar-refractivity contribution is 14.1. The fraction of sp³-hybridized carbons (Fsp3) is 0.364. The molecule has 1 saturated carbocycles. The van der Waals surface area contributed by atoms with Crippen molar-refractivity contribution in [1.29, 1.82) is 0 Å². The molecule has 0 bridgehead atoms. The molecule has 0 aliphatic heterocycles. The van der Waals surface area contributed by atoms with Crippen molar-refractivity contribution in [2.24, 2.45) is 5.73 Å². The fourth-order valence-corrected chi connectivity index (χ4v) is 2.04. The zero-order valence-electron chi connectivity index (χ0n) is 8.20. The first kappa shape index (κ1) is 10.7. The predicted octanol–water partition coefficient (Wildman–Crippen LogP) is 2.42. The van der Waals surface area contributed by atoms with Crippen LogP contribution < -0.4 is 5.73 Å². The number of hydrogen-bond donors (Lipinski definition) is 1. The molecule has 0 unspecified atom stereocenters. The van der Waals surface area contributed by atoms with Crippen molar-refractivity contribution in [2.75, 3.05) is 6.61 Å². The molecule has 4 heteroatoms. The third kappa shape index (κ3) is 2.42. The molecule has 1 amide bonds. The molecule has 0 atom stereocenters. The second-order valence-electron chi connectivity index (χ2n) is 3.89. The standard InChI is InChI=1S/C11H12INO2/c12-9-3-1-8(2-4-9)11(5-6-11)7-15-10(13)14/h1-4H,5-7H2,(H2,13,14). The Morgan fingerprint density at radius 2 is 2.00 bits per heavy atom. The lowest BCUT2D eigenvalue weighted by atomic mass is 9.97. The highest BCUT2D eigenvalue weighted by Crippen LogP contribution is 2.48. The maximum Gasteiger partial charge on any atom is 0.404 e. The molecule has 0 saturated heterocycles. The third-order valence-electron chi connectivity index (χ3n) is 2.80. The highest BCUT2D eigenvalue weighted by atomic mass is 127. The molecule has 2 rings (SSSR count). The Morgan fingerprint density at radius 3 is 2.47 bits per heavy atom. The Hall–Kier alpha value is -0.780. The van der Waals surface area contributed by atoms with Crippen molar-refractivity contribution >= 4 is 28.7 Å². The van der Waals surface area contributed by atoms with Crippen molar-refractivity contribution in [3.63, 3.8) is 0 Å². The normalized spacial score (nSPS) is 17.1. The van der Waals surface area contributed by atoms with Crippen molar-refractivity contribution in [3.8, 4) is 0 Å². The van der Waals surface area contributed by atoms with E-state index < -0.39 is 6.09 Å². The lowest BCUT2D eigenvalue weighted by Crippen LogP contribution is -2.22. The van der Waals surface area contributed by atoms with Gasteiger partial charge in [0.15, 0.2) is 0 Å². The number of halogens is 1. The lowest BCUT2D eigenvalue weighted by molar-refractivity contribution is 0.145. The van der Waals surface area contributed by atoms with E-state index >= 15 is 0 Å². The Morgan fingerprint density at radius 1 is 1.40 bits per heavy atom. The van der Waals surface area contributed by atoms with E-state index in [1.54, 1.807) is 0 Å². The Kier molecular flexibility index (Phi) is 2.86. The number of rotatable bonds is 3. The molecule has 1 aromatic rings. The first-order chi connectivity index (χ1) is 7.12. The average Bonchev–Trinajstić information content (AvgIpc) is 2.97. The molecule has 1 aliphatic rings. The molecule has 0 heterocycles. The first-order valence-electron chi connectivity index (χ1n) is 4.81. The molecule has 0 radical (unpaired) electrons. The number of amides is 1. The summed E-state index contributed by atoms with van der Waals surface area (Å²) in [7, 11) is 0. The van der Waals surface area contributed by atoms with Gasteiger partial charge in [-0.2, -0.15) is 0 Å². The van der Waals surface area contributed by atoms with Crippen LogP contribution in [-0.2, 0) is 10.2 Å². The van der Waals surface area contributed by atoms with E-state index in [4.69, 9.17) is 10.5 Å². The van der Waals surface area contributed by atoms with Crippen LogP contribution >= 0.6 is 22.6 Å². The van der Waals surface area contributed by atoms with Gasteiger partial charge in [0, 0.05) is 8.99 Å². The van der Waals surface area contributed by atoms with Crippen molar-refractivity contribution in [1.82, 2.24) is 0 Å². The predicted molar refractivity (Wildman–Crippen MR) is 65.6 cm³/mol. The summed E-state index contributed by atoms with van der Waals surface area (Å²) in [5.41, 5.74) is 6.25. The van der Waals surface area contributed by atoms with E-state index in [2.05, 4.69) is 46.9 Å². The molecule has 1 fully saturated rings. The van der Waals surface area contributed by atoms with Crippen LogP contribution in [0.25, 0.3) is 0 Å². The van der Waals surface area contributed by atoms with Gasteiger partial charge < -0.3 is 10.5 Å².